The summed E-state index contributed by atoms with van der Waals surface area (Å²) >= 11 is 5.87. The largest absolute Gasteiger partial charge is 0.497 e. The summed E-state index contributed by atoms with van der Waals surface area (Å²) in [6.45, 7) is 6.92. The molecule has 0 saturated heterocycles. The first kappa shape index (κ1) is 37.3. The van der Waals surface area contributed by atoms with Crippen molar-refractivity contribution in [3.63, 3.8) is 0 Å². The molecule has 2 heterocycles. The van der Waals surface area contributed by atoms with Gasteiger partial charge in [-0.2, -0.15) is 0 Å². The van der Waals surface area contributed by atoms with Crippen molar-refractivity contribution in [1.29, 1.82) is 0 Å². The van der Waals surface area contributed by atoms with E-state index in [4.69, 9.17) is 16.3 Å². The number of ether oxygens (including phenoxy) is 1. The highest BCUT2D eigenvalue weighted by Gasteiger charge is 2.22. The number of carbonyl (C=O) groups is 2. The molecular weight excluding hydrogens is 668 g/mol. The van der Waals surface area contributed by atoms with Crippen LogP contribution in [0.2, 0.25) is 5.02 Å². The summed E-state index contributed by atoms with van der Waals surface area (Å²) in [4.78, 5) is 24.8. The fraction of sp³-hybridized carbons (Fsp3) is 0.290. The molecule has 2 aromatic heterocycles. The van der Waals surface area contributed by atoms with E-state index in [0.717, 1.165) is 0 Å². The maximum absolute atomic E-state index is 12.4. The van der Waals surface area contributed by atoms with Gasteiger partial charge in [-0.15, -0.1) is 0 Å². The van der Waals surface area contributed by atoms with E-state index in [2.05, 4.69) is 20.1 Å². The van der Waals surface area contributed by atoms with Crippen LogP contribution in [0.3, 0.4) is 0 Å². The Morgan fingerprint density at radius 2 is 1.13 bits per heavy atom. The fourth-order valence-electron chi connectivity index (χ4n) is 4.23. The summed E-state index contributed by atoms with van der Waals surface area (Å²) in [5, 5.41) is 5.91. The number of methoxy groups -OCH3 is 1. The second-order valence-electron chi connectivity index (χ2n) is 11.0. The zero-order chi connectivity index (χ0) is 35.1. The smallest absolute Gasteiger partial charge is 0.272 e. The summed E-state index contributed by atoms with van der Waals surface area (Å²) in [7, 11) is -2.52. The first-order chi connectivity index (χ1) is 21.9. The van der Waals surface area contributed by atoms with E-state index >= 15 is 0 Å². The SMILES string of the molecule is CC(C)NS(=O)(=O)c1cc(C(=O)Nc2cccc(Cl)c2)n(C)c1.COc1cccc(NC(=O)c2cc(S(=O)(=O)NC(C)C)cn2C)c1. The zero-order valence-electron chi connectivity index (χ0n) is 27.0. The van der Waals surface area contributed by atoms with Crippen LogP contribution in [0.1, 0.15) is 48.7 Å². The van der Waals surface area contributed by atoms with Crippen LogP contribution < -0.4 is 24.8 Å². The van der Waals surface area contributed by atoms with Gasteiger partial charge >= 0.3 is 0 Å². The number of anilines is 2. The molecule has 47 heavy (non-hydrogen) atoms. The third-order valence-electron chi connectivity index (χ3n) is 6.24. The third-order valence-corrected chi connectivity index (χ3v) is 9.72. The van der Waals surface area contributed by atoms with E-state index in [1.165, 1.54) is 40.8 Å². The summed E-state index contributed by atoms with van der Waals surface area (Å²) in [5.41, 5.74) is 1.56. The van der Waals surface area contributed by atoms with Gasteiger partial charge in [-0.3, -0.25) is 9.59 Å². The van der Waals surface area contributed by atoms with E-state index in [1.807, 2.05) is 0 Å². The molecule has 13 nitrogen and oxygen atoms in total. The second-order valence-corrected chi connectivity index (χ2v) is 14.9. The van der Waals surface area contributed by atoms with Crippen molar-refractivity contribution in [2.75, 3.05) is 17.7 Å². The average Bonchev–Trinajstić information content (AvgIpc) is 3.56. The average molecular weight is 707 g/mol. The molecule has 2 amide bonds. The molecule has 0 fully saturated rings. The quantitative estimate of drug-likeness (QED) is 0.177. The van der Waals surface area contributed by atoms with E-state index in [-0.39, 0.29) is 33.3 Å². The normalized spacial score (nSPS) is 11.6. The first-order valence-corrected chi connectivity index (χ1v) is 17.7. The van der Waals surface area contributed by atoms with Gasteiger partial charge in [0.1, 0.15) is 26.9 Å². The molecule has 0 radical (unpaired) electrons. The molecule has 0 unspecified atom stereocenters. The number of sulfonamides is 2. The summed E-state index contributed by atoms with van der Waals surface area (Å²) < 4.78 is 61.7. The molecule has 0 spiro atoms. The minimum atomic E-state index is -3.65. The summed E-state index contributed by atoms with van der Waals surface area (Å²) in [6.07, 6.45) is 2.81. The van der Waals surface area contributed by atoms with Gasteiger partial charge in [0.15, 0.2) is 0 Å². The van der Waals surface area contributed by atoms with Crippen LogP contribution in [0.15, 0.2) is 82.8 Å². The van der Waals surface area contributed by atoms with Crippen LogP contribution in [-0.4, -0.2) is 57.0 Å². The molecule has 0 aliphatic heterocycles. The van der Waals surface area contributed by atoms with Gasteiger partial charge in [-0.1, -0.05) is 23.7 Å². The standard InChI is InChI=1S/C16H21N3O4S.C15H18ClN3O3S/c1-11(2)18-24(21,22)14-9-15(19(3)10-14)16(20)17-12-6-5-7-13(8-12)23-4;1-10(2)18-23(21,22)13-8-14(19(3)9-13)15(20)17-12-6-4-5-11(16)7-12/h5-11,18H,1-4H3,(H,17,20);4-10,18H,1-3H3,(H,17,20). The van der Waals surface area contributed by atoms with Crippen molar-refractivity contribution < 1.29 is 31.2 Å². The fourth-order valence-corrected chi connectivity index (χ4v) is 7.06. The van der Waals surface area contributed by atoms with Gasteiger partial charge in [0, 0.05) is 61.0 Å². The first-order valence-electron chi connectivity index (χ1n) is 14.3. The number of nitrogens with zero attached hydrogens (tertiary/aromatic N) is 2. The Labute approximate surface area is 280 Å². The van der Waals surface area contributed by atoms with Crippen molar-refractivity contribution in [3.8, 4) is 5.75 Å². The maximum Gasteiger partial charge on any atom is 0.272 e. The van der Waals surface area contributed by atoms with Crippen molar-refractivity contribution in [2.45, 2.75) is 49.6 Å². The Balaban J connectivity index is 0.000000256. The lowest BCUT2D eigenvalue weighted by Gasteiger charge is -2.07. The zero-order valence-corrected chi connectivity index (χ0v) is 29.4. The number of aromatic nitrogens is 2. The predicted molar refractivity (Wildman–Crippen MR) is 182 cm³/mol. The Morgan fingerprint density at radius 3 is 1.53 bits per heavy atom. The molecule has 4 rings (SSSR count). The van der Waals surface area contributed by atoms with Crippen LogP contribution in [0.5, 0.6) is 5.75 Å². The van der Waals surface area contributed by atoms with Crippen LogP contribution in [0.25, 0.3) is 0 Å². The molecule has 16 heteroatoms. The number of rotatable bonds is 11. The Morgan fingerprint density at radius 1 is 0.702 bits per heavy atom. The van der Waals surface area contributed by atoms with Crippen molar-refractivity contribution >= 4 is 54.8 Å². The molecule has 0 saturated carbocycles. The van der Waals surface area contributed by atoms with E-state index in [0.29, 0.717) is 22.1 Å². The monoisotopic (exact) mass is 706 g/mol. The molecule has 0 aliphatic carbocycles. The second kappa shape index (κ2) is 15.6. The van der Waals surface area contributed by atoms with Gasteiger partial charge in [0.05, 0.1) is 7.11 Å². The number of amides is 2. The Hall–Kier alpha value is -4.15. The van der Waals surface area contributed by atoms with Crippen LogP contribution in [0, 0.1) is 0 Å². The molecular formula is C31H39ClN6O7S2. The summed E-state index contributed by atoms with van der Waals surface area (Å²) in [6, 6.07) is 15.9. The topological polar surface area (TPSA) is 170 Å². The highest BCUT2D eigenvalue weighted by atomic mass is 35.5. The number of halogens is 1. The predicted octanol–water partition coefficient (Wildman–Crippen LogP) is 4.59. The van der Waals surface area contributed by atoms with Crippen LogP contribution in [-0.2, 0) is 34.1 Å². The molecule has 4 N–H and O–H groups in total. The van der Waals surface area contributed by atoms with Crippen LogP contribution in [0.4, 0.5) is 11.4 Å². The molecule has 0 atom stereocenters. The molecule has 254 valence electrons. The number of hydrogen-bond acceptors (Lipinski definition) is 7. The Bertz CT molecular complexity index is 1950. The van der Waals surface area contributed by atoms with Crippen molar-refractivity contribution in [1.82, 2.24) is 18.6 Å². The van der Waals surface area contributed by atoms with E-state index < -0.39 is 31.9 Å². The van der Waals surface area contributed by atoms with Gasteiger partial charge in [0.2, 0.25) is 20.0 Å². The molecule has 0 bridgehead atoms. The van der Waals surface area contributed by atoms with Gasteiger partial charge in [-0.25, -0.2) is 26.3 Å². The lowest BCUT2D eigenvalue weighted by Crippen LogP contribution is -2.30. The number of aryl methyl sites for hydroxylation is 2. The lowest BCUT2D eigenvalue weighted by atomic mass is 10.3. The van der Waals surface area contributed by atoms with Crippen LogP contribution >= 0.6 is 11.6 Å². The molecule has 2 aromatic carbocycles. The Kier molecular flexibility index (Phi) is 12.4. The number of carbonyl (C=O) groups excluding carboxylic acids is 2. The van der Waals surface area contributed by atoms with Gasteiger partial charge < -0.3 is 24.5 Å². The highest BCUT2D eigenvalue weighted by Crippen LogP contribution is 2.20. The lowest BCUT2D eigenvalue weighted by molar-refractivity contribution is 0.101. The third kappa shape index (κ3) is 10.4. The molecule has 0 aliphatic rings. The maximum atomic E-state index is 12.4. The number of hydrogen-bond donors (Lipinski definition) is 4. The molecule has 4 aromatic rings. The number of benzene rings is 2. The summed E-state index contributed by atoms with van der Waals surface area (Å²) in [5.74, 6) is -0.207. The van der Waals surface area contributed by atoms with Crippen molar-refractivity contribution in [2.24, 2.45) is 14.1 Å². The van der Waals surface area contributed by atoms with Gasteiger partial charge in [-0.05, 0) is 70.2 Å². The highest BCUT2D eigenvalue weighted by molar-refractivity contribution is 7.89. The minimum absolute atomic E-state index is 0.0462. The van der Waals surface area contributed by atoms with E-state index in [9.17, 15) is 26.4 Å². The van der Waals surface area contributed by atoms with Crippen molar-refractivity contribution in [3.05, 3.63) is 89.5 Å². The van der Waals surface area contributed by atoms with Gasteiger partial charge in [0.25, 0.3) is 11.8 Å². The minimum Gasteiger partial charge on any atom is -0.497 e. The number of nitrogens with one attached hydrogen (secondary N) is 4. The van der Waals surface area contributed by atoms with E-state index in [1.54, 1.807) is 90.3 Å².